The van der Waals surface area contributed by atoms with Crippen LogP contribution in [0.2, 0.25) is 0 Å². The average molecular weight is 551 g/mol. The second-order valence-electron chi connectivity index (χ2n) is 10.2. The van der Waals surface area contributed by atoms with Gasteiger partial charge in [-0.15, -0.1) is 0 Å². The van der Waals surface area contributed by atoms with Crippen molar-refractivity contribution in [3.63, 3.8) is 0 Å². The third-order valence-electron chi connectivity index (χ3n) is 7.66. The van der Waals surface area contributed by atoms with Gasteiger partial charge >= 0.3 is 6.18 Å². The standard InChI is InChI=1S/C27H30F4N4O2S/c28-25-7-3-6-20-15-34(38(36,37)24-12-9-21(10-13-24)27(29,30)31)17-23(11-8-19-4-1-2-5-19)35(26(20)25)16-22-14-32-18-33-22/h3,6-7,9-10,12-14,18-19,23H,1-2,4-5,8,11,15-17H2,(H,32,33)/t23-/m1/s1. The number of anilines is 1. The third-order valence-corrected chi connectivity index (χ3v) is 9.48. The fourth-order valence-electron chi connectivity index (χ4n) is 5.67. The molecule has 1 aromatic heterocycles. The number of fused-ring (bicyclic) bond motifs is 1. The molecule has 2 aromatic carbocycles. The predicted octanol–water partition coefficient (Wildman–Crippen LogP) is 6.12. The SMILES string of the molecule is O=S(=O)(c1ccc(C(F)(F)F)cc1)N1Cc2cccc(F)c2N(Cc2cnc[nH]2)[C@H](CCC2CCCC2)C1. The Kier molecular flexibility index (Phi) is 7.50. The fourth-order valence-corrected chi connectivity index (χ4v) is 7.12. The molecule has 1 atom stereocenters. The van der Waals surface area contributed by atoms with Gasteiger partial charge in [-0.05, 0) is 54.7 Å². The Morgan fingerprint density at radius 2 is 1.76 bits per heavy atom. The summed E-state index contributed by atoms with van der Waals surface area (Å²) in [4.78, 5) is 8.84. The van der Waals surface area contributed by atoms with E-state index in [2.05, 4.69) is 9.97 Å². The van der Waals surface area contributed by atoms with Gasteiger partial charge in [-0.3, -0.25) is 0 Å². The van der Waals surface area contributed by atoms with Crippen LogP contribution in [0.5, 0.6) is 0 Å². The maximum atomic E-state index is 15.4. The van der Waals surface area contributed by atoms with Crippen molar-refractivity contribution in [2.24, 2.45) is 5.92 Å². The van der Waals surface area contributed by atoms with Gasteiger partial charge in [0, 0.05) is 25.3 Å². The van der Waals surface area contributed by atoms with Crippen LogP contribution in [0.4, 0.5) is 23.2 Å². The van der Waals surface area contributed by atoms with Crippen LogP contribution in [0.15, 0.2) is 59.9 Å². The van der Waals surface area contributed by atoms with Gasteiger partial charge < -0.3 is 9.88 Å². The minimum atomic E-state index is -4.57. The summed E-state index contributed by atoms with van der Waals surface area (Å²) in [7, 11) is -4.16. The zero-order valence-electron chi connectivity index (χ0n) is 20.8. The number of nitrogens with zero attached hydrogens (tertiary/aromatic N) is 3. The van der Waals surface area contributed by atoms with E-state index in [-0.39, 0.29) is 24.0 Å². The number of aromatic nitrogens is 2. The number of H-pyrrole nitrogens is 1. The van der Waals surface area contributed by atoms with E-state index in [1.54, 1.807) is 24.7 Å². The summed E-state index contributed by atoms with van der Waals surface area (Å²) in [5, 5.41) is 0. The van der Waals surface area contributed by atoms with Crippen LogP contribution in [0, 0.1) is 11.7 Å². The van der Waals surface area contributed by atoms with E-state index < -0.39 is 27.6 Å². The lowest BCUT2D eigenvalue weighted by atomic mass is 9.97. The van der Waals surface area contributed by atoms with E-state index in [0.717, 1.165) is 49.2 Å². The van der Waals surface area contributed by atoms with Crippen molar-refractivity contribution in [3.8, 4) is 0 Å². The first-order chi connectivity index (χ1) is 18.1. The molecule has 0 radical (unpaired) electrons. The molecule has 3 aromatic rings. The van der Waals surface area contributed by atoms with Gasteiger partial charge in [0.15, 0.2) is 0 Å². The van der Waals surface area contributed by atoms with E-state index in [9.17, 15) is 21.6 Å². The molecule has 1 fully saturated rings. The Bertz CT molecular complexity index is 1340. The van der Waals surface area contributed by atoms with Crippen LogP contribution >= 0.6 is 0 Å². The van der Waals surface area contributed by atoms with Crippen molar-refractivity contribution < 1.29 is 26.0 Å². The lowest BCUT2D eigenvalue weighted by Crippen LogP contribution is -2.43. The topological polar surface area (TPSA) is 69.3 Å². The number of imidazole rings is 1. The van der Waals surface area contributed by atoms with E-state index in [1.165, 1.54) is 23.2 Å². The molecule has 0 amide bonds. The van der Waals surface area contributed by atoms with Crippen LogP contribution in [-0.4, -0.2) is 35.3 Å². The lowest BCUT2D eigenvalue weighted by Gasteiger charge is -2.34. The first-order valence-corrected chi connectivity index (χ1v) is 14.3. The average Bonchev–Trinajstić information content (AvgIpc) is 3.56. The molecule has 1 aliphatic heterocycles. The predicted molar refractivity (Wildman–Crippen MR) is 135 cm³/mol. The monoisotopic (exact) mass is 550 g/mol. The van der Waals surface area contributed by atoms with Crippen LogP contribution in [-0.2, 0) is 29.3 Å². The quantitative estimate of drug-likeness (QED) is 0.360. The number of rotatable bonds is 7. The summed E-state index contributed by atoms with van der Waals surface area (Å²) in [6.07, 6.45) is 4.81. The molecule has 1 saturated carbocycles. The molecule has 2 heterocycles. The number of hydrogen-bond acceptors (Lipinski definition) is 4. The number of aromatic amines is 1. The Hall–Kier alpha value is -2.92. The first-order valence-electron chi connectivity index (χ1n) is 12.8. The zero-order chi connectivity index (χ0) is 26.9. The highest BCUT2D eigenvalue weighted by Gasteiger charge is 2.37. The molecular formula is C27H30F4N4O2S. The lowest BCUT2D eigenvalue weighted by molar-refractivity contribution is -0.137. The summed E-state index contributed by atoms with van der Waals surface area (Å²) < 4.78 is 83.4. The molecule has 2 aliphatic rings. The molecule has 11 heteroatoms. The number of sulfonamides is 1. The number of nitrogens with one attached hydrogen (secondary N) is 1. The maximum absolute atomic E-state index is 15.4. The molecule has 204 valence electrons. The molecular weight excluding hydrogens is 520 g/mol. The van der Waals surface area contributed by atoms with Gasteiger partial charge in [-0.2, -0.15) is 17.5 Å². The molecule has 1 aliphatic carbocycles. The number of halogens is 4. The Morgan fingerprint density at radius 1 is 1.03 bits per heavy atom. The Morgan fingerprint density at radius 3 is 2.42 bits per heavy atom. The number of benzene rings is 2. The number of para-hydroxylation sites is 1. The molecule has 0 bridgehead atoms. The van der Waals surface area contributed by atoms with E-state index in [0.29, 0.717) is 30.1 Å². The summed E-state index contributed by atoms with van der Waals surface area (Å²) in [5.41, 5.74) is 0.705. The van der Waals surface area contributed by atoms with E-state index >= 15 is 4.39 Å². The normalized spacial score (nSPS) is 19.5. The molecule has 0 unspecified atom stereocenters. The zero-order valence-corrected chi connectivity index (χ0v) is 21.6. The summed E-state index contributed by atoms with van der Waals surface area (Å²) in [6, 6.07) is 7.81. The van der Waals surface area contributed by atoms with Gasteiger partial charge in [0.25, 0.3) is 0 Å². The van der Waals surface area contributed by atoms with Crippen molar-refractivity contribution >= 4 is 15.7 Å². The summed E-state index contributed by atoms with van der Waals surface area (Å²) in [5.74, 6) is 0.106. The van der Waals surface area contributed by atoms with Gasteiger partial charge in [0.1, 0.15) is 5.82 Å². The molecule has 0 spiro atoms. The van der Waals surface area contributed by atoms with E-state index in [1.807, 2.05) is 4.90 Å². The summed E-state index contributed by atoms with van der Waals surface area (Å²) >= 11 is 0. The second kappa shape index (κ2) is 10.7. The highest BCUT2D eigenvalue weighted by atomic mass is 32.2. The minimum absolute atomic E-state index is 0.0817. The van der Waals surface area contributed by atoms with Gasteiger partial charge in [0.2, 0.25) is 10.0 Å². The van der Waals surface area contributed by atoms with Crippen molar-refractivity contribution in [3.05, 3.63) is 77.6 Å². The van der Waals surface area contributed by atoms with E-state index in [4.69, 9.17) is 0 Å². The first kappa shape index (κ1) is 26.7. The number of alkyl halides is 3. The smallest absolute Gasteiger partial charge is 0.359 e. The largest absolute Gasteiger partial charge is 0.416 e. The molecule has 5 rings (SSSR count). The molecule has 1 N–H and O–H groups in total. The van der Waals surface area contributed by atoms with Crippen molar-refractivity contribution in [2.45, 2.75) is 68.7 Å². The van der Waals surface area contributed by atoms with Gasteiger partial charge in [-0.1, -0.05) is 37.8 Å². The van der Waals surface area contributed by atoms with Crippen LogP contribution in [0.25, 0.3) is 0 Å². The van der Waals surface area contributed by atoms with Crippen LogP contribution in [0.1, 0.15) is 55.3 Å². The van der Waals surface area contributed by atoms with Crippen molar-refractivity contribution in [2.75, 3.05) is 11.4 Å². The molecule has 6 nitrogen and oxygen atoms in total. The van der Waals surface area contributed by atoms with Gasteiger partial charge in [-0.25, -0.2) is 17.8 Å². The second-order valence-corrected chi connectivity index (χ2v) is 12.1. The fraction of sp³-hybridized carbons (Fsp3) is 0.444. The highest BCUT2D eigenvalue weighted by molar-refractivity contribution is 7.89. The Labute approximate surface area is 219 Å². The van der Waals surface area contributed by atoms with Crippen molar-refractivity contribution in [1.29, 1.82) is 0 Å². The molecule has 38 heavy (non-hydrogen) atoms. The Balaban J connectivity index is 1.52. The highest BCUT2D eigenvalue weighted by Crippen LogP contribution is 2.37. The van der Waals surface area contributed by atoms with Crippen LogP contribution in [0.3, 0.4) is 0 Å². The van der Waals surface area contributed by atoms with Crippen LogP contribution < -0.4 is 4.90 Å². The van der Waals surface area contributed by atoms with Gasteiger partial charge in [0.05, 0.1) is 34.7 Å². The molecule has 0 saturated heterocycles. The maximum Gasteiger partial charge on any atom is 0.416 e. The summed E-state index contributed by atoms with van der Waals surface area (Å²) in [6.45, 7) is 0.311. The third kappa shape index (κ3) is 5.58. The minimum Gasteiger partial charge on any atom is -0.359 e. The number of hydrogen-bond donors (Lipinski definition) is 1. The van der Waals surface area contributed by atoms with Crippen molar-refractivity contribution in [1.82, 2.24) is 14.3 Å².